The molecule has 0 atom stereocenters. The van der Waals surface area contributed by atoms with Gasteiger partial charge in [-0.05, 0) is 50.6 Å². The van der Waals surface area contributed by atoms with Crippen molar-refractivity contribution in [3.8, 4) is 11.5 Å². The standard InChI is InChI=1S/C21H20N2O6/c1-12(2)28-18-9-8-14(11-19(18)27-4)10-16-21(24)29-20(22-16)15-6-5-7-17(13(15)3)23(25)26/h5-12H,1-4H3/b16-10-. The van der Waals surface area contributed by atoms with Gasteiger partial charge in [-0.25, -0.2) is 9.79 Å². The largest absolute Gasteiger partial charge is 0.493 e. The first-order valence-corrected chi connectivity index (χ1v) is 8.91. The van der Waals surface area contributed by atoms with Gasteiger partial charge in [-0.1, -0.05) is 12.1 Å². The SMILES string of the molecule is COc1cc(/C=C2\N=C(c3cccc([N+](=O)[O-])c3C)OC2=O)ccc1OC(C)C. The van der Waals surface area contributed by atoms with Crippen LogP contribution >= 0.6 is 0 Å². The third-order valence-corrected chi connectivity index (χ3v) is 4.21. The van der Waals surface area contributed by atoms with Crippen LogP contribution in [0.1, 0.15) is 30.5 Å². The number of benzene rings is 2. The quantitative estimate of drug-likeness (QED) is 0.316. The Bertz CT molecular complexity index is 1040. The van der Waals surface area contributed by atoms with Crippen LogP contribution in [0.4, 0.5) is 5.69 Å². The van der Waals surface area contributed by atoms with Crippen molar-refractivity contribution >= 4 is 23.6 Å². The van der Waals surface area contributed by atoms with E-state index in [9.17, 15) is 14.9 Å². The number of rotatable bonds is 6. The van der Waals surface area contributed by atoms with Crippen LogP contribution in [0.2, 0.25) is 0 Å². The number of nitrogens with zero attached hydrogens (tertiary/aromatic N) is 2. The Morgan fingerprint density at radius 2 is 1.97 bits per heavy atom. The molecule has 0 spiro atoms. The van der Waals surface area contributed by atoms with Gasteiger partial charge < -0.3 is 14.2 Å². The van der Waals surface area contributed by atoms with E-state index in [-0.39, 0.29) is 23.4 Å². The predicted molar refractivity (Wildman–Crippen MR) is 107 cm³/mol. The molecule has 1 aliphatic heterocycles. The van der Waals surface area contributed by atoms with Gasteiger partial charge in [0, 0.05) is 17.2 Å². The van der Waals surface area contributed by atoms with Crippen molar-refractivity contribution in [2.24, 2.45) is 4.99 Å². The van der Waals surface area contributed by atoms with Gasteiger partial charge in [0.15, 0.2) is 17.2 Å². The number of nitro benzene ring substituents is 1. The first-order chi connectivity index (χ1) is 13.8. The fraction of sp³-hybridized carbons (Fsp3) is 0.238. The third kappa shape index (κ3) is 4.26. The van der Waals surface area contributed by atoms with E-state index in [4.69, 9.17) is 14.2 Å². The maximum absolute atomic E-state index is 12.3. The van der Waals surface area contributed by atoms with Gasteiger partial charge in [-0.3, -0.25) is 10.1 Å². The van der Waals surface area contributed by atoms with Crippen LogP contribution in [0.5, 0.6) is 11.5 Å². The average molecular weight is 396 g/mol. The number of aliphatic imine (C=N–C) groups is 1. The van der Waals surface area contributed by atoms with Gasteiger partial charge in [0.25, 0.3) is 5.69 Å². The maximum Gasteiger partial charge on any atom is 0.363 e. The van der Waals surface area contributed by atoms with Gasteiger partial charge in [0.05, 0.1) is 18.1 Å². The van der Waals surface area contributed by atoms with Gasteiger partial charge in [0.2, 0.25) is 5.90 Å². The number of nitro groups is 1. The zero-order chi connectivity index (χ0) is 21.1. The van der Waals surface area contributed by atoms with E-state index in [1.54, 1.807) is 37.3 Å². The molecule has 3 rings (SSSR count). The molecule has 2 aromatic rings. The Labute approximate surface area is 167 Å². The van der Waals surface area contributed by atoms with E-state index >= 15 is 0 Å². The van der Waals surface area contributed by atoms with E-state index in [1.165, 1.54) is 19.2 Å². The molecule has 0 saturated heterocycles. The minimum Gasteiger partial charge on any atom is -0.493 e. The monoisotopic (exact) mass is 396 g/mol. The molecule has 2 aromatic carbocycles. The molecule has 0 amide bonds. The normalized spacial score (nSPS) is 14.7. The maximum atomic E-state index is 12.3. The highest BCUT2D eigenvalue weighted by atomic mass is 16.6. The van der Waals surface area contributed by atoms with Gasteiger partial charge in [-0.15, -0.1) is 0 Å². The van der Waals surface area contributed by atoms with E-state index in [1.807, 2.05) is 13.8 Å². The van der Waals surface area contributed by atoms with Crippen LogP contribution in [0.25, 0.3) is 6.08 Å². The number of esters is 1. The number of carbonyl (C=O) groups excluding carboxylic acids is 1. The molecule has 1 heterocycles. The number of methoxy groups -OCH3 is 1. The van der Waals surface area contributed by atoms with E-state index < -0.39 is 10.9 Å². The molecular weight excluding hydrogens is 376 g/mol. The summed E-state index contributed by atoms with van der Waals surface area (Å²) in [5.41, 5.74) is 1.47. The molecule has 29 heavy (non-hydrogen) atoms. The zero-order valence-electron chi connectivity index (χ0n) is 16.5. The van der Waals surface area contributed by atoms with Crippen molar-refractivity contribution in [1.82, 2.24) is 0 Å². The summed E-state index contributed by atoms with van der Waals surface area (Å²) in [5.74, 6) is 0.523. The predicted octanol–water partition coefficient (Wildman–Crippen LogP) is 4.04. The van der Waals surface area contributed by atoms with E-state index in [2.05, 4.69) is 4.99 Å². The molecular formula is C21H20N2O6. The summed E-state index contributed by atoms with van der Waals surface area (Å²) in [6.07, 6.45) is 1.55. The highest BCUT2D eigenvalue weighted by Gasteiger charge is 2.27. The second kappa shape index (κ2) is 8.14. The number of cyclic esters (lactones) is 1. The number of hydrogen-bond acceptors (Lipinski definition) is 7. The third-order valence-electron chi connectivity index (χ3n) is 4.21. The molecule has 0 fully saturated rings. The van der Waals surface area contributed by atoms with Crippen molar-refractivity contribution < 1.29 is 23.9 Å². The molecule has 1 aliphatic rings. The molecule has 0 bridgehead atoms. The van der Waals surface area contributed by atoms with Crippen LogP contribution in [-0.4, -0.2) is 30.0 Å². The lowest BCUT2D eigenvalue weighted by Crippen LogP contribution is -2.08. The molecule has 0 saturated carbocycles. The Morgan fingerprint density at radius 3 is 2.62 bits per heavy atom. The number of ether oxygens (including phenoxy) is 3. The van der Waals surface area contributed by atoms with Crippen molar-refractivity contribution in [2.45, 2.75) is 26.9 Å². The summed E-state index contributed by atoms with van der Waals surface area (Å²) in [6, 6.07) is 9.78. The molecule has 0 N–H and O–H groups in total. The van der Waals surface area contributed by atoms with Gasteiger partial charge >= 0.3 is 5.97 Å². The molecule has 150 valence electrons. The molecule has 8 heteroatoms. The Hall–Kier alpha value is -3.68. The Balaban J connectivity index is 1.95. The van der Waals surface area contributed by atoms with Crippen molar-refractivity contribution in [1.29, 1.82) is 0 Å². The average Bonchev–Trinajstić information content (AvgIpc) is 3.02. The zero-order valence-corrected chi connectivity index (χ0v) is 16.5. The Morgan fingerprint density at radius 1 is 1.21 bits per heavy atom. The van der Waals surface area contributed by atoms with Crippen LogP contribution in [0.3, 0.4) is 0 Å². The number of carbonyl (C=O) groups is 1. The lowest BCUT2D eigenvalue weighted by atomic mass is 10.1. The van der Waals surface area contributed by atoms with Crippen LogP contribution in [-0.2, 0) is 9.53 Å². The van der Waals surface area contributed by atoms with E-state index in [0.29, 0.717) is 28.2 Å². The smallest absolute Gasteiger partial charge is 0.363 e. The minimum atomic E-state index is -0.632. The van der Waals surface area contributed by atoms with Crippen LogP contribution in [0, 0.1) is 17.0 Å². The first kappa shape index (κ1) is 20.1. The van der Waals surface area contributed by atoms with Crippen molar-refractivity contribution in [3.63, 3.8) is 0 Å². The van der Waals surface area contributed by atoms with Gasteiger partial charge in [-0.2, -0.15) is 0 Å². The van der Waals surface area contributed by atoms with Gasteiger partial charge in [0.1, 0.15) is 0 Å². The minimum absolute atomic E-state index is 0.0109. The second-order valence-corrected chi connectivity index (χ2v) is 6.62. The van der Waals surface area contributed by atoms with Crippen LogP contribution in [0.15, 0.2) is 47.1 Å². The summed E-state index contributed by atoms with van der Waals surface area (Å²) in [6.45, 7) is 5.41. The highest BCUT2D eigenvalue weighted by Crippen LogP contribution is 2.31. The summed E-state index contributed by atoms with van der Waals surface area (Å²) < 4.78 is 16.3. The lowest BCUT2D eigenvalue weighted by molar-refractivity contribution is -0.385. The lowest BCUT2D eigenvalue weighted by Gasteiger charge is -2.13. The summed E-state index contributed by atoms with van der Waals surface area (Å²) >= 11 is 0. The molecule has 0 radical (unpaired) electrons. The summed E-state index contributed by atoms with van der Waals surface area (Å²) in [7, 11) is 1.53. The fourth-order valence-corrected chi connectivity index (χ4v) is 2.86. The second-order valence-electron chi connectivity index (χ2n) is 6.62. The summed E-state index contributed by atoms with van der Waals surface area (Å²) in [4.78, 5) is 27.1. The van der Waals surface area contributed by atoms with Crippen molar-refractivity contribution in [2.75, 3.05) is 7.11 Å². The molecule has 0 aliphatic carbocycles. The van der Waals surface area contributed by atoms with Crippen LogP contribution < -0.4 is 9.47 Å². The number of hydrogen-bond donors (Lipinski definition) is 0. The van der Waals surface area contributed by atoms with E-state index in [0.717, 1.165) is 0 Å². The fourth-order valence-electron chi connectivity index (χ4n) is 2.86. The van der Waals surface area contributed by atoms with Crippen molar-refractivity contribution in [3.05, 3.63) is 68.9 Å². The highest BCUT2D eigenvalue weighted by molar-refractivity contribution is 6.13. The topological polar surface area (TPSA) is 100 Å². The molecule has 0 unspecified atom stereocenters. The first-order valence-electron chi connectivity index (χ1n) is 8.91. The Kier molecular flexibility index (Phi) is 5.63. The molecule has 8 nitrogen and oxygen atoms in total. The molecule has 0 aromatic heterocycles. The summed E-state index contributed by atoms with van der Waals surface area (Å²) in [5, 5.41) is 11.1.